The predicted octanol–water partition coefficient (Wildman–Crippen LogP) is 2.17. The van der Waals surface area contributed by atoms with E-state index in [9.17, 15) is 5.11 Å². The Kier molecular flexibility index (Phi) is 3.18. The Morgan fingerprint density at radius 2 is 2.08 bits per heavy atom. The van der Waals surface area contributed by atoms with Crippen molar-refractivity contribution in [3.8, 4) is 11.3 Å². The number of fused-ring (bicyclic) bond motifs is 3. The van der Waals surface area contributed by atoms with Crippen LogP contribution in [0.2, 0.25) is 0 Å². The molecule has 0 amide bonds. The van der Waals surface area contributed by atoms with Gasteiger partial charge in [-0.2, -0.15) is 10.1 Å². The van der Waals surface area contributed by atoms with Crippen LogP contribution in [0.5, 0.6) is 0 Å². The van der Waals surface area contributed by atoms with Crippen molar-refractivity contribution in [3.63, 3.8) is 0 Å². The quantitative estimate of drug-likeness (QED) is 0.583. The Morgan fingerprint density at radius 1 is 1.16 bits per heavy atom. The SMILES string of the molecule is Nc1nc(N[C@H]2C[C@@H]3C[C@H]2[C@H](O)C3)c2ccc(-c3ccn[nH]3)cc2n1. The van der Waals surface area contributed by atoms with Gasteiger partial charge in [-0.15, -0.1) is 0 Å². The van der Waals surface area contributed by atoms with E-state index in [1.807, 2.05) is 24.3 Å². The number of benzene rings is 1. The summed E-state index contributed by atoms with van der Waals surface area (Å²) in [5.74, 6) is 1.93. The van der Waals surface area contributed by atoms with Crippen molar-refractivity contribution < 1.29 is 5.11 Å². The number of rotatable bonds is 3. The molecule has 2 fully saturated rings. The number of H-pyrrole nitrogens is 1. The van der Waals surface area contributed by atoms with Crippen molar-refractivity contribution in [2.24, 2.45) is 11.8 Å². The third-order valence-electron chi connectivity index (χ3n) is 5.63. The van der Waals surface area contributed by atoms with Gasteiger partial charge in [0.05, 0.1) is 17.3 Å². The van der Waals surface area contributed by atoms with Crippen LogP contribution < -0.4 is 11.1 Å². The molecular weight excluding hydrogens is 316 g/mol. The maximum Gasteiger partial charge on any atom is 0.222 e. The number of hydrogen-bond donors (Lipinski definition) is 4. The molecule has 7 nitrogen and oxygen atoms in total. The van der Waals surface area contributed by atoms with Crippen LogP contribution in [-0.4, -0.2) is 37.4 Å². The zero-order chi connectivity index (χ0) is 17.0. The molecule has 2 saturated carbocycles. The van der Waals surface area contributed by atoms with Crippen LogP contribution in [-0.2, 0) is 0 Å². The van der Waals surface area contributed by atoms with Gasteiger partial charge in [0.2, 0.25) is 5.95 Å². The number of aliphatic hydroxyl groups excluding tert-OH is 1. The smallest absolute Gasteiger partial charge is 0.222 e. The molecule has 0 unspecified atom stereocenters. The molecule has 25 heavy (non-hydrogen) atoms. The molecule has 5 N–H and O–H groups in total. The van der Waals surface area contributed by atoms with Gasteiger partial charge in [0.25, 0.3) is 0 Å². The molecule has 3 aromatic rings. The van der Waals surface area contributed by atoms with E-state index in [1.54, 1.807) is 6.20 Å². The van der Waals surface area contributed by atoms with Crippen molar-refractivity contribution in [1.29, 1.82) is 0 Å². The van der Waals surface area contributed by atoms with Gasteiger partial charge in [-0.05, 0) is 43.4 Å². The Labute approximate surface area is 144 Å². The van der Waals surface area contributed by atoms with Gasteiger partial charge in [-0.25, -0.2) is 4.98 Å². The molecule has 5 rings (SSSR count). The molecule has 128 valence electrons. The van der Waals surface area contributed by atoms with Crippen molar-refractivity contribution in [2.45, 2.75) is 31.4 Å². The highest BCUT2D eigenvalue weighted by atomic mass is 16.3. The van der Waals surface area contributed by atoms with Crippen molar-refractivity contribution >= 4 is 22.7 Å². The zero-order valence-corrected chi connectivity index (χ0v) is 13.7. The maximum absolute atomic E-state index is 10.2. The molecule has 2 aliphatic rings. The number of anilines is 2. The number of aliphatic hydroxyl groups is 1. The third-order valence-corrected chi connectivity index (χ3v) is 5.63. The monoisotopic (exact) mass is 336 g/mol. The van der Waals surface area contributed by atoms with E-state index < -0.39 is 0 Å². The first-order chi connectivity index (χ1) is 12.2. The highest BCUT2D eigenvalue weighted by Gasteiger charge is 2.45. The summed E-state index contributed by atoms with van der Waals surface area (Å²) in [5, 5.41) is 21.6. The van der Waals surface area contributed by atoms with Gasteiger partial charge in [0.15, 0.2) is 0 Å². The Bertz CT molecular complexity index is 925. The Balaban J connectivity index is 1.52. The van der Waals surface area contributed by atoms with Crippen molar-refractivity contribution in [3.05, 3.63) is 30.5 Å². The van der Waals surface area contributed by atoms with Crippen molar-refractivity contribution in [2.75, 3.05) is 11.1 Å². The maximum atomic E-state index is 10.2. The number of hydrogen-bond acceptors (Lipinski definition) is 6. The van der Waals surface area contributed by atoms with Gasteiger partial charge < -0.3 is 16.2 Å². The van der Waals surface area contributed by atoms with Crippen LogP contribution in [0.15, 0.2) is 30.5 Å². The first kappa shape index (κ1) is 14.7. The third kappa shape index (κ3) is 2.42. The van der Waals surface area contributed by atoms with E-state index >= 15 is 0 Å². The molecule has 7 heteroatoms. The zero-order valence-electron chi connectivity index (χ0n) is 13.7. The summed E-state index contributed by atoms with van der Waals surface area (Å²) in [7, 11) is 0. The normalized spacial score (nSPS) is 27.9. The average Bonchev–Trinajstić information content (AvgIpc) is 3.30. The highest BCUT2D eigenvalue weighted by molar-refractivity contribution is 5.92. The van der Waals surface area contributed by atoms with Gasteiger partial charge in [-0.3, -0.25) is 5.10 Å². The first-order valence-corrected chi connectivity index (χ1v) is 8.69. The van der Waals surface area contributed by atoms with Gasteiger partial charge in [0, 0.05) is 29.1 Å². The van der Waals surface area contributed by atoms with Gasteiger partial charge in [0.1, 0.15) is 5.82 Å². The lowest BCUT2D eigenvalue weighted by Crippen LogP contribution is -2.34. The summed E-state index contributed by atoms with van der Waals surface area (Å²) in [4.78, 5) is 8.81. The molecule has 2 heterocycles. The summed E-state index contributed by atoms with van der Waals surface area (Å²) in [6.07, 6.45) is 4.64. The lowest BCUT2D eigenvalue weighted by atomic mass is 9.92. The minimum Gasteiger partial charge on any atom is -0.393 e. The molecular formula is C18H20N6O. The molecule has 4 atom stereocenters. The number of aromatic amines is 1. The molecule has 0 saturated heterocycles. The van der Waals surface area contributed by atoms with E-state index in [0.717, 1.165) is 47.2 Å². The number of aromatic nitrogens is 4. The molecule has 1 aromatic carbocycles. The Morgan fingerprint density at radius 3 is 2.84 bits per heavy atom. The summed E-state index contributed by atoms with van der Waals surface area (Å²) in [5.41, 5.74) is 8.68. The highest BCUT2D eigenvalue weighted by Crippen LogP contribution is 2.46. The summed E-state index contributed by atoms with van der Waals surface area (Å²) < 4.78 is 0. The minimum absolute atomic E-state index is 0.200. The predicted molar refractivity (Wildman–Crippen MR) is 95.8 cm³/mol. The molecule has 0 radical (unpaired) electrons. The topological polar surface area (TPSA) is 113 Å². The lowest BCUT2D eigenvalue weighted by Gasteiger charge is -2.27. The van der Waals surface area contributed by atoms with E-state index in [4.69, 9.17) is 5.73 Å². The van der Waals surface area contributed by atoms with E-state index in [-0.39, 0.29) is 18.1 Å². The average molecular weight is 336 g/mol. The van der Waals surface area contributed by atoms with Crippen LogP contribution in [0.3, 0.4) is 0 Å². The largest absolute Gasteiger partial charge is 0.393 e. The first-order valence-electron chi connectivity index (χ1n) is 8.69. The second-order valence-corrected chi connectivity index (χ2v) is 7.19. The fourth-order valence-corrected chi connectivity index (χ4v) is 4.50. The fraction of sp³-hybridized carbons (Fsp3) is 0.389. The van der Waals surface area contributed by atoms with Crippen LogP contribution >= 0.6 is 0 Å². The molecule has 0 spiro atoms. The fourth-order valence-electron chi connectivity index (χ4n) is 4.50. The number of nitrogens with zero attached hydrogens (tertiary/aromatic N) is 3. The van der Waals surface area contributed by atoms with Crippen LogP contribution in [0.4, 0.5) is 11.8 Å². The molecule has 0 aliphatic heterocycles. The number of nitrogen functional groups attached to an aromatic ring is 1. The second kappa shape index (κ2) is 5.42. The van der Waals surface area contributed by atoms with E-state index in [1.165, 1.54) is 0 Å². The van der Waals surface area contributed by atoms with Gasteiger partial charge >= 0.3 is 0 Å². The number of nitrogens with two attached hydrogens (primary N) is 1. The van der Waals surface area contributed by atoms with Crippen LogP contribution in [0, 0.1) is 11.8 Å². The molecule has 2 bridgehead atoms. The van der Waals surface area contributed by atoms with E-state index in [0.29, 0.717) is 11.8 Å². The summed E-state index contributed by atoms with van der Waals surface area (Å²) in [6, 6.07) is 8.19. The molecule has 2 aromatic heterocycles. The lowest BCUT2D eigenvalue weighted by molar-refractivity contribution is 0.107. The van der Waals surface area contributed by atoms with Crippen LogP contribution in [0.1, 0.15) is 19.3 Å². The number of nitrogens with one attached hydrogen (secondary N) is 2. The summed E-state index contributed by atoms with van der Waals surface area (Å²) >= 11 is 0. The van der Waals surface area contributed by atoms with Gasteiger partial charge in [-0.1, -0.05) is 6.07 Å². The van der Waals surface area contributed by atoms with Crippen LogP contribution in [0.25, 0.3) is 22.2 Å². The summed E-state index contributed by atoms with van der Waals surface area (Å²) in [6.45, 7) is 0. The van der Waals surface area contributed by atoms with E-state index in [2.05, 4.69) is 25.5 Å². The Hall–Kier alpha value is -2.67. The molecule has 2 aliphatic carbocycles. The second-order valence-electron chi connectivity index (χ2n) is 7.19. The standard InChI is InChI=1S/C18H20N6O/c19-18-22-15-8-10(13-3-4-20-24-13)1-2-11(15)17(23-18)21-14-6-9-5-12(14)16(25)7-9/h1-4,8-9,12,14,16,25H,5-7H2,(H,20,24)(H3,19,21,22,23)/t9-,12+,14-,16+/m0/s1. The van der Waals surface area contributed by atoms with Crippen molar-refractivity contribution in [1.82, 2.24) is 20.2 Å². The minimum atomic E-state index is -0.200.